The van der Waals surface area contributed by atoms with Crippen molar-refractivity contribution in [3.63, 3.8) is 0 Å². The third kappa shape index (κ3) is 24.2. The summed E-state index contributed by atoms with van der Waals surface area (Å²) in [6, 6.07) is -19.2. The summed E-state index contributed by atoms with van der Waals surface area (Å²) in [7, 11) is 1.92. The molecule has 3 fully saturated rings. The van der Waals surface area contributed by atoms with Crippen molar-refractivity contribution in [1.82, 2.24) is 63.0 Å². The summed E-state index contributed by atoms with van der Waals surface area (Å²) >= 11 is 0. The largest absolute Gasteiger partial charge is 0.481 e. The van der Waals surface area contributed by atoms with Crippen molar-refractivity contribution in [3.05, 3.63) is 0 Å². The van der Waals surface area contributed by atoms with Gasteiger partial charge < -0.3 is 101 Å². The van der Waals surface area contributed by atoms with Gasteiger partial charge >= 0.3 is 11.9 Å². The van der Waals surface area contributed by atoms with Crippen LogP contribution in [0.25, 0.3) is 0 Å². The molecule has 3 saturated heterocycles. The normalized spacial score (nSPS) is 28.8. The van der Waals surface area contributed by atoms with Gasteiger partial charge in [0.1, 0.15) is 66.5 Å². The van der Waals surface area contributed by atoms with Gasteiger partial charge in [0.15, 0.2) is 0 Å². The minimum Gasteiger partial charge on any atom is -0.481 e. The number of hydrogen-bond donors (Lipinski definition) is 17. The van der Waals surface area contributed by atoms with Crippen LogP contribution in [0, 0.1) is 17.8 Å². The van der Waals surface area contributed by atoms with E-state index in [9.17, 15) is 97.1 Å². The van der Waals surface area contributed by atoms with E-state index in [1.54, 1.807) is 34.6 Å². The van der Waals surface area contributed by atoms with Gasteiger partial charge in [0.05, 0.1) is 38.1 Å². The summed E-state index contributed by atoms with van der Waals surface area (Å²) in [4.78, 5) is 219. The third-order valence-corrected chi connectivity index (χ3v) is 18.7. The van der Waals surface area contributed by atoms with Crippen molar-refractivity contribution >= 4 is 116 Å². The number of carbonyl (C=O) groups excluding carboxylic acids is 14. The average molecular weight is 1360 g/mol. The molecule has 35 nitrogen and oxygen atoms in total. The fraction of sp³-hybridized carbons (Fsp3) is 0.714. The number of rotatable bonds is 16. The summed E-state index contributed by atoms with van der Waals surface area (Å²) in [6.07, 6.45) is -3.91. The smallest absolute Gasteiger partial charge is 0.327 e. The predicted octanol–water partition coefficient (Wildman–Crippen LogP) is -6.62. The molecule has 522 valence electrons. The van der Waals surface area contributed by atoms with Crippen LogP contribution in [0.4, 0.5) is 0 Å². The standard InChI is InChI=1S/C56H91N15O20S2/c1-8-25(4)41-52(86)65-34(56(90)91)24-93-92-23-29(57)45(79)68-43(27(6)10-3)54(88)71-18-12-14-36(71)51(85)64-33(22-72)49(83)67-42(26(5)9-2)53(87)63-32(20-38(59)75)48(82)62-31(19-37(58)74)47(81)61-30(15-16-40(77)78)46(80)69-44(28(7)73)55(89)70-17-11-13-35(70)50(84)60-21-39(76)66-41/h25-36,41-44,72-73H,8-24,57H2,1-7H3,(H2,58,74)(H2,59,75)(H,60,84)(H,61,81)(H,62,82)(H,63,87)(H,64,85)(H,65,86)(H,66,76)(H,67,83)(H,68,79)(H,69,80)(H,77,78)(H,90,91)/t25-,26-,27-,28+,29-,30?,31-,32?,33-,34-,35-,36-,41-,42+,43-,44-/m0/s1. The molecule has 0 aliphatic carbocycles. The number of fused-ring (bicyclic) bond motifs is 2. The molecule has 0 aromatic rings. The molecular weight excluding hydrogens is 1270 g/mol. The summed E-state index contributed by atoms with van der Waals surface area (Å²) in [5.41, 5.74) is 17.2. The lowest BCUT2D eigenvalue weighted by Crippen LogP contribution is -2.62. The van der Waals surface area contributed by atoms with Crippen molar-refractivity contribution < 1.29 is 97.1 Å². The zero-order valence-electron chi connectivity index (χ0n) is 53.0. The van der Waals surface area contributed by atoms with E-state index < -0.39 is 230 Å². The van der Waals surface area contributed by atoms with Crippen LogP contribution < -0.4 is 70.4 Å². The Balaban J connectivity index is 2.10. The number of carbonyl (C=O) groups is 16. The maximum Gasteiger partial charge on any atom is 0.327 e. The maximum atomic E-state index is 14.3. The first-order chi connectivity index (χ1) is 43.7. The Kier molecular flexibility index (Phi) is 32.7. The number of aliphatic hydroxyl groups is 2. The monoisotopic (exact) mass is 1360 g/mol. The molecule has 37 heteroatoms. The van der Waals surface area contributed by atoms with E-state index in [0.717, 1.165) is 33.4 Å². The number of hydrogen-bond acceptors (Lipinski definition) is 21. The Morgan fingerprint density at radius 3 is 1.44 bits per heavy atom. The summed E-state index contributed by atoms with van der Waals surface area (Å²) in [5.74, 6) is -20.1. The number of nitrogens with zero attached hydrogens (tertiary/aromatic N) is 2. The van der Waals surface area contributed by atoms with Crippen LogP contribution in [0.2, 0.25) is 0 Å². The van der Waals surface area contributed by atoms with Crippen molar-refractivity contribution in [2.24, 2.45) is 35.0 Å². The molecule has 0 aromatic heterocycles. The quantitative estimate of drug-likeness (QED) is 0.0639. The van der Waals surface area contributed by atoms with E-state index in [1.165, 1.54) is 11.8 Å². The lowest BCUT2D eigenvalue weighted by atomic mass is 9.96. The fourth-order valence-electron chi connectivity index (χ4n) is 10.1. The van der Waals surface area contributed by atoms with Crippen LogP contribution in [0.15, 0.2) is 0 Å². The molecule has 3 aliphatic heterocycles. The van der Waals surface area contributed by atoms with Crippen molar-refractivity contribution in [3.8, 4) is 0 Å². The van der Waals surface area contributed by atoms with Gasteiger partial charge in [-0.2, -0.15) is 0 Å². The molecule has 20 N–H and O–H groups in total. The van der Waals surface area contributed by atoms with Crippen LogP contribution in [0.5, 0.6) is 0 Å². The number of primary amides is 2. The molecular formula is C56H91N15O20S2. The molecule has 0 aromatic carbocycles. The van der Waals surface area contributed by atoms with Crippen molar-refractivity contribution in [2.75, 3.05) is 37.7 Å². The minimum atomic E-state index is -2.06. The second kappa shape index (κ2) is 38.3. The van der Waals surface area contributed by atoms with Gasteiger partial charge in [-0.1, -0.05) is 82.4 Å². The van der Waals surface area contributed by atoms with E-state index in [2.05, 4.69) is 53.2 Å². The fourth-order valence-corrected chi connectivity index (χ4v) is 12.4. The highest BCUT2D eigenvalue weighted by atomic mass is 33.1. The first-order valence-electron chi connectivity index (χ1n) is 30.6. The predicted molar refractivity (Wildman–Crippen MR) is 332 cm³/mol. The Bertz CT molecular complexity index is 2750. The van der Waals surface area contributed by atoms with Crippen molar-refractivity contribution in [2.45, 2.75) is 198 Å². The van der Waals surface area contributed by atoms with Gasteiger partial charge in [-0.3, -0.25) is 71.9 Å². The minimum absolute atomic E-state index is 0.0116. The van der Waals surface area contributed by atoms with Gasteiger partial charge in [0.2, 0.25) is 82.7 Å². The van der Waals surface area contributed by atoms with Crippen LogP contribution in [0.3, 0.4) is 0 Å². The topological polar surface area (TPSA) is 559 Å². The lowest BCUT2D eigenvalue weighted by Gasteiger charge is -2.32. The molecule has 3 heterocycles. The Labute approximate surface area is 544 Å². The molecule has 3 aliphatic rings. The number of carboxylic acids is 2. The van der Waals surface area contributed by atoms with Crippen LogP contribution in [-0.2, 0) is 76.7 Å². The summed E-state index contributed by atoms with van der Waals surface area (Å²) in [5, 5.41) is 64.7. The number of aliphatic hydroxyl groups excluding tert-OH is 2. The first-order valence-corrected chi connectivity index (χ1v) is 33.1. The van der Waals surface area contributed by atoms with E-state index >= 15 is 0 Å². The van der Waals surface area contributed by atoms with Crippen LogP contribution >= 0.6 is 21.6 Å². The number of nitrogens with one attached hydrogen (secondary N) is 10. The Hall–Kier alpha value is -7.90. The number of carboxylic acid groups (broad SMARTS) is 2. The second-order valence-electron chi connectivity index (χ2n) is 23.3. The van der Waals surface area contributed by atoms with Crippen LogP contribution in [0.1, 0.15) is 119 Å². The van der Waals surface area contributed by atoms with Gasteiger partial charge in [-0.05, 0) is 56.8 Å². The zero-order chi connectivity index (χ0) is 70.1. The van der Waals surface area contributed by atoms with Gasteiger partial charge in [-0.25, -0.2) is 4.79 Å². The molecule has 93 heavy (non-hydrogen) atoms. The van der Waals surface area contributed by atoms with Gasteiger partial charge in [0, 0.05) is 31.0 Å². The van der Waals surface area contributed by atoms with E-state index in [0.29, 0.717) is 19.3 Å². The molecule has 2 unspecified atom stereocenters. The second-order valence-corrected chi connectivity index (χ2v) is 25.8. The molecule has 16 atom stereocenters. The molecule has 0 saturated carbocycles. The van der Waals surface area contributed by atoms with E-state index in [-0.39, 0.29) is 50.3 Å². The molecule has 0 bridgehead atoms. The molecule has 0 radical (unpaired) electrons. The molecule has 3 rings (SSSR count). The number of nitrogens with two attached hydrogens (primary N) is 3. The SMILES string of the molecule is CC[C@H](C)[C@@H]1NC(=O)CNC(=O)[C@@H]2CCCN2C(=O)[C@H]([C@@H](C)O)NC(=O)C(CCC(=O)O)NC(=O)[C@H](CC(N)=O)NC(=O)C(CC(N)=O)NC(=O)[C@@H]([C@@H](C)CC)NC(=O)[C@H](CO)NC(=O)[C@@H]2CCCN2C(=O)[C@H]([C@@H](C)CC)NC(=O)[C@@H](N)CSSC[C@@H](C(=O)O)NC1=O. The van der Waals surface area contributed by atoms with Gasteiger partial charge in [-0.15, -0.1) is 0 Å². The molecule has 14 amide bonds. The summed E-state index contributed by atoms with van der Waals surface area (Å²) in [6.45, 7) is 9.03. The Morgan fingerprint density at radius 1 is 0.527 bits per heavy atom. The zero-order valence-corrected chi connectivity index (χ0v) is 54.7. The highest BCUT2D eigenvalue weighted by molar-refractivity contribution is 8.76. The maximum absolute atomic E-state index is 14.3. The first kappa shape index (κ1) is 79.3. The van der Waals surface area contributed by atoms with Crippen molar-refractivity contribution in [1.29, 1.82) is 0 Å². The highest BCUT2D eigenvalue weighted by Crippen LogP contribution is 2.26. The molecule has 0 spiro atoms. The highest BCUT2D eigenvalue weighted by Gasteiger charge is 2.44. The van der Waals surface area contributed by atoms with Crippen LogP contribution in [-0.4, -0.2) is 241 Å². The third-order valence-electron chi connectivity index (χ3n) is 16.2. The van der Waals surface area contributed by atoms with Gasteiger partial charge in [0.25, 0.3) is 0 Å². The number of aliphatic carboxylic acids is 2. The van der Waals surface area contributed by atoms with E-state index in [1.807, 2.05) is 0 Å². The summed E-state index contributed by atoms with van der Waals surface area (Å²) < 4.78 is 0. The lowest BCUT2D eigenvalue weighted by molar-refractivity contribution is -0.144. The number of amides is 14. The van der Waals surface area contributed by atoms with E-state index in [4.69, 9.17) is 17.2 Å². The average Bonchev–Trinajstić information content (AvgIpc) is 1.94. The Morgan fingerprint density at radius 2 is 0.946 bits per heavy atom.